The molecule has 0 aromatic carbocycles. The Morgan fingerprint density at radius 1 is 1.28 bits per heavy atom. The normalized spacial score (nSPS) is 20.2. The monoisotopic (exact) mass is 346 g/mol. The van der Waals surface area contributed by atoms with E-state index in [1.54, 1.807) is 7.05 Å². The molecule has 8 nitrogen and oxygen atoms in total. The van der Waals surface area contributed by atoms with Crippen LogP contribution in [0.4, 0.5) is 5.95 Å². The zero-order valence-electron chi connectivity index (χ0n) is 15.2. The van der Waals surface area contributed by atoms with Crippen molar-refractivity contribution in [2.75, 3.05) is 5.32 Å². The number of nitrogens with zero attached hydrogens (tertiary/aromatic N) is 4. The zero-order chi connectivity index (χ0) is 18.3. The number of aromatic nitrogens is 4. The lowest BCUT2D eigenvalue weighted by molar-refractivity contribution is 0.627. The second-order valence-electron chi connectivity index (χ2n) is 7.05. The van der Waals surface area contributed by atoms with Gasteiger partial charge in [-0.2, -0.15) is 4.98 Å². The van der Waals surface area contributed by atoms with E-state index in [0.29, 0.717) is 23.7 Å². The SMILES string of the molecule is CC(C)=CCn1c(N[C@@H]2CCC[C@@H]2N)nc2c1c(=O)n(C)c(=O)n2C. The first-order valence-electron chi connectivity index (χ1n) is 8.63. The Labute approximate surface area is 146 Å². The predicted octanol–water partition coefficient (Wildman–Crippen LogP) is 0.692. The molecule has 1 aliphatic carbocycles. The highest BCUT2D eigenvalue weighted by atomic mass is 16.2. The van der Waals surface area contributed by atoms with Crippen molar-refractivity contribution in [1.29, 1.82) is 0 Å². The summed E-state index contributed by atoms with van der Waals surface area (Å²) in [6.07, 6.45) is 5.06. The number of fused-ring (bicyclic) bond motifs is 1. The molecule has 25 heavy (non-hydrogen) atoms. The van der Waals surface area contributed by atoms with Crippen LogP contribution < -0.4 is 22.3 Å². The number of allylic oxidation sites excluding steroid dienone is 2. The highest BCUT2D eigenvalue weighted by Crippen LogP contribution is 2.23. The third kappa shape index (κ3) is 3.02. The van der Waals surface area contributed by atoms with Gasteiger partial charge in [0.15, 0.2) is 11.2 Å². The number of aryl methyl sites for hydroxylation is 1. The topological polar surface area (TPSA) is 99.9 Å². The number of rotatable bonds is 4. The molecule has 2 heterocycles. The molecule has 0 radical (unpaired) electrons. The van der Waals surface area contributed by atoms with Gasteiger partial charge < -0.3 is 15.6 Å². The van der Waals surface area contributed by atoms with Crippen LogP contribution in [0.15, 0.2) is 21.2 Å². The standard InChI is InChI=1S/C17H26N6O2/c1-10(2)8-9-23-13-14(21(3)17(25)22(4)15(13)24)20-16(23)19-12-7-5-6-11(12)18/h8,11-12H,5-7,9,18H2,1-4H3,(H,19,20)/t11-,12+/m0/s1. The van der Waals surface area contributed by atoms with E-state index in [2.05, 4.69) is 10.3 Å². The van der Waals surface area contributed by atoms with Crippen LogP contribution in [0.2, 0.25) is 0 Å². The number of hydrogen-bond donors (Lipinski definition) is 2. The Morgan fingerprint density at radius 2 is 2.00 bits per heavy atom. The van der Waals surface area contributed by atoms with Crippen LogP contribution in [0.3, 0.4) is 0 Å². The van der Waals surface area contributed by atoms with Crippen molar-refractivity contribution in [3.05, 3.63) is 32.5 Å². The molecule has 0 saturated heterocycles. The maximum absolute atomic E-state index is 12.7. The Morgan fingerprint density at radius 3 is 2.60 bits per heavy atom. The lowest BCUT2D eigenvalue weighted by Crippen LogP contribution is -2.37. The summed E-state index contributed by atoms with van der Waals surface area (Å²) < 4.78 is 4.37. The van der Waals surface area contributed by atoms with E-state index in [9.17, 15) is 9.59 Å². The van der Waals surface area contributed by atoms with Gasteiger partial charge >= 0.3 is 5.69 Å². The molecule has 8 heteroatoms. The summed E-state index contributed by atoms with van der Waals surface area (Å²) in [5, 5.41) is 3.40. The van der Waals surface area contributed by atoms with Gasteiger partial charge in [0, 0.05) is 32.7 Å². The second kappa shape index (κ2) is 6.51. The summed E-state index contributed by atoms with van der Waals surface area (Å²) in [6.45, 7) is 4.52. The number of nitrogens with one attached hydrogen (secondary N) is 1. The predicted molar refractivity (Wildman–Crippen MR) is 98.9 cm³/mol. The van der Waals surface area contributed by atoms with Gasteiger partial charge in [-0.25, -0.2) is 4.79 Å². The largest absolute Gasteiger partial charge is 0.351 e. The minimum atomic E-state index is -0.381. The van der Waals surface area contributed by atoms with Gasteiger partial charge in [-0.05, 0) is 33.1 Å². The summed E-state index contributed by atoms with van der Waals surface area (Å²) in [5.41, 5.74) is 7.42. The van der Waals surface area contributed by atoms with E-state index in [4.69, 9.17) is 5.73 Å². The van der Waals surface area contributed by atoms with Crippen molar-refractivity contribution in [3.8, 4) is 0 Å². The molecule has 1 fully saturated rings. The average Bonchev–Trinajstić information content (AvgIpc) is 3.13. The highest BCUT2D eigenvalue weighted by molar-refractivity contribution is 5.74. The van der Waals surface area contributed by atoms with Crippen molar-refractivity contribution < 1.29 is 0 Å². The molecule has 1 aliphatic rings. The second-order valence-corrected chi connectivity index (χ2v) is 7.05. The molecule has 136 valence electrons. The van der Waals surface area contributed by atoms with Crippen molar-refractivity contribution >= 4 is 17.1 Å². The maximum Gasteiger partial charge on any atom is 0.332 e. The highest BCUT2D eigenvalue weighted by Gasteiger charge is 2.26. The number of hydrogen-bond acceptors (Lipinski definition) is 5. The molecule has 0 aliphatic heterocycles. The Balaban J connectivity index is 2.21. The lowest BCUT2D eigenvalue weighted by Gasteiger charge is -2.18. The van der Waals surface area contributed by atoms with Gasteiger partial charge in [0.25, 0.3) is 5.56 Å². The van der Waals surface area contributed by atoms with Gasteiger partial charge in [-0.3, -0.25) is 13.9 Å². The minimum Gasteiger partial charge on any atom is -0.351 e. The first-order valence-corrected chi connectivity index (χ1v) is 8.63. The van der Waals surface area contributed by atoms with Gasteiger partial charge in [0.2, 0.25) is 5.95 Å². The lowest BCUT2D eigenvalue weighted by atomic mass is 10.2. The molecule has 2 aromatic rings. The first kappa shape index (κ1) is 17.5. The summed E-state index contributed by atoms with van der Waals surface area (Å²) in [7, 11) is 3.12. The molecular weight excluding hydrogens is 320 g/mol. The third-order valence-electron chi connectivity index (χ3n) is 4.91. The van der Waals surface area contributed by atoms with Crippen LogP contribution in [0, 0.1) is 0 Å². The van der Waals surface area contributed by atoms with E-state index in [0.717, 1.165) is 29.4 Å². The van der Waals surface area contributed by atoms with Crippen molar-refractivity contribution in [2.45, 2.75) is 51.7 Å². The van der Waals surface area contributed by atoms with E-state index in [1.807, 2.05) is 24.5 Å². The third-order valence-corrected chi connectivity index (χ3v) is 4.91. The zero-order valence-corrected chi connectivity index (χ0v) is 15.2. The van der Waals surface area contributed by atoms with Crippen LogP contribution >= 0.6 is 0 Å². The summed E-state index contributed by atoms with van der Waals surface area (Å²) >= 11 is 0. The fourth-order valence-electron chi connectivity index (χ4n) is 3.34. The van der Waals surface area contributed by atoms with Crippen molar-refractivity contribution in [1.82, 2.24) is 18.7 Å². The smallest absolute Gasteiger partial charge is 0.332 e. The fourth-order valence-corrected chi connectivity index (χ4v) is 3.34. The number of imidazole rings is 1. The molecule has 3 N–H and O–H groups in total. The van der Waals surface area contributed by atoms with Crippen LogP contribution in [0.25, 0.3) is 11.2 Å². The van der Waals surface area contributed by atoms with Gasteiger partial charge in [0.1, 0.15) is 0 Å². The molecule has 2 atom stereocenters. The van der Waals surface area contributed by atoms with Crippen LogP contribution in [-0.4, -0.2) is 30.8 Å². The van der Waals surface area contributed by atoms with Crippen LogP contribution in [0.5, 0.6) is 0 Å². The van der Waals surface area contributed by atoms with Gasteiger partial charge in [-0.1, -0.05) is 11.6 Å². The molecule has 0 unspecified atom stereocenters. The quantitative estimate of drug-likeness (QED) is 0.794. The molecule has 0 amide bonds. The van der Waals surface area contributed by atoms with Gasteiger partial charge in [0.05, 0.1) is 0 Å². The molecule has 0 bridgehead atoms. The minimum absolute atomic E-state index is 0.0726. The van der Waals surface area contributed by atoms with Crippen molar-refractivity contribution in [2.24, 2.45) is 19.8 Å². The first-order chi connectivity index (χ1) is 11.8. The molecule has 3 rings (SSSR count). The molecule has 1 saturated carbocycles. The summed E-state index contributed by atoms with van der Waals surface area (Å²) in [5.74, 6) is 0.591. The maximum atomic E-state index is 12.7. The Hall–Kier alpha value is -2.35. The summed E-state index contributed by atoms with van der Waals surface area (Å²) in [6, 6.07) is 0.200. The van der Waals surface area contributed by atoms with Gasteiger partial charge in [-0.15, -0.1) is 0 Å². The van der Waals surface area contributed by atoms with Crippen molar-refractivity contribution in [3.63, 3.8) is 0 Å². The van der Waals surface area contributed by atoms with Crippen LogP contribution in [0.1, 0.15) is 33.1 Å². The summed E-state index contributed by atoms with van der Waals surface area (Å²) in [4.78, 5) is 29.5. The average molecular weight is 346 g/mol. The van der Waals surface area contributed by atoms with E-state index in [-0.39, 0.29) is 23.3 Å². The number of anilines is 1. The molecular formula is C17H26N6O2. The number of nitrogens with two attached hydrogens (primary N) is 1. The Kier molecular flexibility index (Phi) is 4.55. The molecule has 2 aromatic heterocycles. The molecule has 0 spiro atoms. The van der Waals surface area contributed by atoms with E-state index in [1.165, 1.54) is 11.6 Å². The van der Waals surface area contributed by atoms with E-state index < -0.39 is 0 Å². The Bertz CT molecular complexity index is 945. The van der Waals surface area contributed by atoms with E-state index >= 15 is 0 Å². The fraction of sp³-hybridized carbons (Fsp3) is 0.588. The van der Waals surface area contributed by atoms with Crippen LogP contribution in [-0.2, 0) is 20.6 Å².